The Kier molecular flexibility index (Phi) is 5.47. The van der Waals surface area contributed by atoms with Crippen LogP contribution in [0, 0.1) is 25.2 Å². The molecule has 1 aliphatic rings. The second-order valence-corrected chi connectivity index (χ2v) is 7.90. The highest BCUT2D eigenvalue weighted by atomic mass is 16.3. The average molecular weight is 402 g/mol. The summed E-state index contributed by atoms with van der Waals surface area (Å²) in [6, 6.07) is 16.3. The van der Waals surface area contributed by atoms with Gasteiger partial charge in [-0.05, 0) is 43.2 Å². The number of aryl methyl sites for hydroxylation is 2. The van der Waals surface area contributed by atoms with E-state index in [0.29, 0.717) is 12.4 Å². The van der Waals surface area contributed by atoms with Crippen LogP contribution < -0.4 is 4.90 Å². The SMILES string of the molecule is Cc1cccc(N2CCN(C/C(O)=C(\C#N)c3nc4ccccc4n3C)CC2)c1C. The summed E-state index contributed by atoms with van der Waals surface area (Å²) in [5.74, 6) is 0.585. The molecule has 1 aliphatic heterocycles. The number of hydrogen-bond acceptors (Lipinski definition) is 5. The molecule has 0 saturated carbocycles. The molecule has 3 aromatic rings. The normalized spacial score (nSPS) is 15.9. The lowest BCUT2D eigenvalue weighted by molar-refractivity contribution is 0.238. The van der Waals surface area contributed by atoms with Gasteiger partial charge in [-0.2, -0.15) is 5.26 Å². The first-order chi connectivity index (χ1) is 14.5. The van der Waals surface area contributed by atoms with Crippen molar-refractivity contribution in [3.63, 3.8) is 0 Å². The third-order valence-corrected chi connectivity index (χ3v) is 6.07. The summed E-state index contributed by atoms with van der Waals surface area (Å²) >= 11 is 0. The van der Waals surface area contributed by atoms with Gasteiger partial charge < -0.3 is 14.6 Å². The van der Waals surface area contributed by atoms with Crippen molar-refractivity contribution in [1.82, 2.24) is 14.5 Å². The van der Waals surface area contributed by atoms with Crippen LogP contribution in [0.25, 0.3) is 16.6 Å². The lowest BCUT2D eigenvalue weighted by Gasteiger charge is -2.37. The van der Waals surface area contributed by atoms with E-state index in [0.717, 1.165) is 37.2 Å². The maximum absolute atomic E-state index is 10.8. The van der Waals surface area contributed by atoms with Gasteiger partial charge in [0.2, 0.25) is 0 Å². The lowest BCUT2D eigenvalue weighted by atomic mass is 10.1. The van der Waals surface area contributed by atoms with Crippen molar-refractivity contribution < 1.29 is 5.11 Å². The largest absolute Gasteiger partial charge is 0.509 e. The number of piperazine rings is 1. The number of rotatable bonds is 4. The molecule has 1 N–H and O–H groups in total. The van der Waals surface area contributed by atoms with E-state index in [9.17, 15) is 10.4 Å². The minimum atomic E-state index is 0.0797. The summed E-state index contributed by atoms with van der Waals surface area (Å²) in [6.45, 7) is 8.12. The number of anilines is 1. The number of aliphatic hydroxyl groups excluding tert-OH is 1. The van der Waals surface area contributed by atoms with E-state index in [2.05, 4.69) is 52.9 Å². The molecule has 2 heterocycles. The highest BCUT2D eigenvalue weighted by molar-refractivity contribution is 5.83. The molecule has 1 saturated heterocycles. The summed E-state index contributed by atoms with van der Waals surface area (Å²) in [6.07, 6.45) is 0. The van der Waals surface area contributed by atoms with E-state index in [4.69, 9.17) is 0 Å². The molecule has 6 heteroatoms. The zero-order valence-electron chi connectivity index (χ0n) is 17.8. The number of benzene rings is 2. The molecule has 0 aliphatic carbocycles. The van der Waals surface area contributed by atoms with Crippen molar-refractivity contribution in [2.75, 3.05) is 37.6 Å². The molecular weight excluding hydrogens is 374 g/mol. The Balaban J connectivity index is 1.50. The monoisotopic (exact) mass is 401 g/mol. The Bertz CT molecular complexity index is 1150. The van der Waals surface area contributed by atoms with Gasteiger partial charge in [-0.3, -0.25) is 4.90 Å². The smallest absolute Gasteiger partial charge is 0.155 e. The number of nitriles is 1. The Hall–Kier alpha value is -3.30. The zero-order valence-corrected chi connectivity index (χ0v) is 17.8. The fourth-order valence-electron chi connectivity index (χ4n) is 4.13. The van der Waals surface area contributed by atoms with Crippen molar-refractivity contribution >= 4 is 22.3 Å². The van der Waals surface area contributed by atoms with Crippen LogP contribution in [0.3, 0.4) is 0 Å². The average Bonchev–Trinajstić information content (AvgIpc) is 3.08. The van der Waals surface area contributed by atoms with Crippen LogP contribution in [0.15, 0.2) is 48.2 Å². The molecule has 1 aromatic heterocycles. The van der Waals surface area contributed by atoms with Crippen LogP contribution in [0.4, 0.5) is 5.69 Å². The highest BCUT2D eigenvalue weighted by Gasteiger charge is 2.22. The lowest BCUT2D eigenvalue weighted by Crippen LogP contribution is -2.47. The minimum absolute atomic E-state index is 0.0797. The van der Waals surface area contributed by atoms with E-state index >= 15 is 0 Å². The van der Waals surface area contributed by atoms with E-state index in [1.807, 2.05) is 35.9 Å². The first kappa shape index (κ1) is 20.0. The molecule has 0 unspecified atom stereocenters. The van der Waals surface area contributed by atoms with E-state index in [-0.39, 0.29) is 11.3 Å². The predicted molar refractivity (Wildman–Crippen MR) is 120 cm³/mol. The number of aliphatic hydroxyl groups is 1. The minimum Gasteiger partial charge on any atom is -0.509 e. The molecule has 0 bridgehead atoms. The molecule has 4 rings (SSSR count). The number of fused-ring (bicyclic) bond motifs is 1. The number of para-hydroxylation sites is 2. The van der Waals surface area contributed by atoms with Crippen LogP contribution >= 0.6 is 0 Å². The molecular formula is C24H27N5O. The van der Waals surface area contributed by atoms with Crippen LogP contribution in [0.1, 0.15) is 17.0 Å². The second-order valence-electron chi connectivity index (χ2n) is 7.90. The molecule has 1 fully saturated rings. The number of aromatic nitrogens is 2. The molecule has 0 amide bonds. The van der Waals surface area contributed by atoms with Crippen molar-refractivity contribution in [2.24, 2.45) is 7.05 Å². The Morgan fingerprint density at radius 3 is 2.50 bits per heavy atom. The first-order valence-electron chi connectivity index (χ1n) is 10.3. The molecule has 30 heavy (non-hydrogen) atoms. The van der Waals surface area contributed by atoms with Crippen LogP contribution in [-0.2, 0) is 7.05 Å². The second kappa shape index (κ2) is 8.21. The fourth-order valence-corrected chi connectivity index (χ4v) is 4.13. The Morgan fingerprint density at radius 1 is 1.07 bits per heavy atom. The van der Waals surface area contributed by atoms with Gasteiger partial charge in [-0.1, -0.05) is 24.3 Å². The standard InChI is InChI=1S/C24H27N5O/c1-17-7-6-10-21(18(17)2)29-13-11-28(12-14-29)16-23(30)19(15-25)24-26-20-8-4-5-9-22(20)27(24)3/h4-10,30H,11-14,16H2,1-3H3/b23-19-. The van der Waals surface area contributed by atoms with Crippen LogP contribution in [0.5, 0.6) is 0 Å². The van der Waals surface area contributed by atoms with E-state index in [1.165, 1.54) is 16.8 Å². The summed E-state index contributed by atoms with van der Waals surface area (Å²) in [4.78, 5) is 9.15. The van der Waals surface area contributed by atoms with Crippen LogP contribution in [-0.4, -0.2) is 52.3 Å². The Morgan fingerprint density at radius 2 is 1.80 bits per heavy atom. The van der Waals surface area contributed by atoms with Gasteiger partial charge in [-0.25, -0.2) is 4.98 Å². The van der Waals surface area contributed by atoms with Crippen molar-refractivity contribution in [3.8, 4) is 6.07 Å². The number of imidazole rings is 1. The zero-order chi connectivity index (χ0) is 21.3. The van der Waals surface area contributed by atoms with Crippen LogP contribution in [0.2, 0.25) is 0 Å². The first-order valence-corrected chi connectivity index (χ1v) is 10.3. The summed E-state index contributed by atoms with van der Waals surface area (Å²) in [5, 5.41) is 20.5. The Labute approximate surface area is 177 Å². The molecule has 2 aromatic carbocycles. The summed E-state index contributed by atoms with van der Waals surface area (Å²) in [7, 11) is 1.87. The summed E-state index contributed by atoms with van der Waals surface area (Å²) in [5.41, 5.74) is 5.91. The van der Waals surface area contributed by atoms with Crippen molar-refractivity contribution in [3.05, 3.63) is 65.2 Å². The number of hydrogen-bond donors (Lipinski definition) is 1. The molecule has 6 nitrogen and oxygen atoms in total. The van der Waals surface area contributed by atoms with Crippen molar-refractivity contribution in [1.29, 1.82) is 5.26 Å². The highest BCUT2D eigenvalue weighted by Crippen LogP contribution is 2.25. The topological polar surface area (TPSA) is 68.3 Å². The van der Waals surface area contributed by atoms with Gasteiger partial charge in [0.15, 0.2) is 5.82 Å². The number of allylic oxidation sites excluding steroid dienone is 1. The predicted octanol–water partition coefficient (Wildman–Crippen LogP) is 3.81. The third kappa shape index (κ3) is 3.64. The summed E-state index contributed by atoms with van der Waals surface area (Å²) < 4.78 is 1.86. The fraction of sp³-hybridized carbons (Fsp3) is 0.333. The molecule has 0 spiro atoms. The maximum Gasteiger partial charge on any atom is 0.155 e. The third-order valence-electron chi connectivity index (χ3n) is 6.07. The van der Waals surface area contributed by atoms with Gasteiger partial charge in [0.05, 0.1) is 17.6 Å². The van der Waals surface area contributed by atoms with E-state index < -0.39 is 0 Å². The molecule has 154 valence electrons. The van der Waals surface area contributed by atoms with Gasteiger partial charge in [0, 0.05) is 38.9 Å². The number of nitrogens with zero attached hydrogens (tertiary/aromatic N) is 5. The van der Waals surface area contributed by atoms with Gasteiger partial charge in [0.25, 0.3) is 0 Å². The quantitative estimate of drug-likeness (QED) is 0.532. The van der Waals surface area contributed by atoms with Gasteiger partial charge >= 0.3 is 0 Å². The van der Waals surface area contributed by atoms with Gasteiger partial charge in [-0.15, -0.1) is 0 Å². The molecule has 0 radical (unpaired) electrons. The van der Waals surface area contributed by atoms with E-state index in [1.54, 1.807) is 0 Å². The maximum atomic E-state index is 10.8. The molecule has 0 atom stereocenters. The van der Waals surface area contributed by atoms with Crippen molar-refractivity contribution in [2.45, 2.75) is 13.8 Å². The van der Waals surface area contributed by atoms with Gasteiger partial charge in [0.1, 0.15) is 17.4 Å².